The predicted octanol–water partition coefficient (Wildman–Crippen LogP) is 4.41. The van der Waals surface area contributed by atoms with Gasteiger partial charge in [-0.1, -0.05) is 43.0 Å². The molecule has 0 unspecified atom stereocenters. The summed E-state index contributed by atoms with van der Waals surface area (Å²) in [5.41, 5.74) is 1.06. The molecule has 0 saturated heterocycles. The highest BCUT2D eigenvalue weighted by molar-refractivity contribution is 6.01. The summed E-state index contributed by atoms with van der Waals surface area (Å²) in [5.74, 6) is 0.400. The average Bonchev–Trinajstić information content (AvgIpc) is 2.58. The van der Waals surface area contributed by atoms with Gasteiger partial charge in [0.2, 0.25) is 0 Å². The molecule has 3 aromatic rings. The quantitative estimate of drug-likeness (QED) is 0.303. The summed E-state index contributed by atoms with van der Waals surface area (Å²) in [6.45, 7) is 5.89. The molecule has 3 heteroatoms. The van der Waals surface area contributed by atoms with Gasteiger partial charge in [0.15, 0.2) is 0 Å². The van der Waals surface area contributed by atoms with Gasteiger partial charge in [-0.15, -0.1) is 0 Å². The third-order valence-corrected chi connectivity index (χ3v) is 3.77. The van der Waals surface area contributed by atoms with Gasteiger partial charge >= 0.3 is 5.97 Å². The minimum atomic E-state index is -0.436. The Balaban J connectivity index is 1.91. The fourth-order valence-corrected chi connectivity index (χ4v) is 2.63. The van der Waals surface area contributed by atoms with Crippen LogP contribution in [0.2, 0.25) is 0 Å². The monoisotopic (exact) mass is 306 g/mol. The van der Waals surface area contributed by atoms with Gasteiger partial charge in [0.05, 0.1) is 0 Å². The van der Waals surface area contributed by atoms with Crippen molar-refractivity contribution in [1.82, 2.24) is 0 Å². The number of fused-ring (bicyclic) bond motifs is 2. The van der Waals surface area contributed by atoms with Gasteiger partial charge in [-0.2, -0.15) is 0 Å². The van der Waals surface area contributed by atoms with Crippen LogP contribution >= 0.6 is 0 Å². The zero-order valence-corrected chi connectivity index (χ0v) is 13.0. The lowest BCUT2D eigenvalue weighted by molar-refractivity contribution is -0.138. The molecule has 0 bridgehead atoms. The number of rotatable bonds is 5. The van der Waals surface area contributed by atoms with Crippen molar-refractivity contribution >= 4 is 27.5 Å². The van der Waals surface area contributed by atoms with E-state index in [9.17, 15) is 4.79 Å². The van der Waals surface area contributed by atoms with E-state index in [1.54, 1.807) is 0 Å². The molecular formula is C20H18O3. The lowest BCUT2D eigenvalue weighted by Crippen LogP contribution is -2.10. The topological polar surface area (TPSA) is 35.5 Å². The number of ether oxygens (including phenoxy) is 2. The van der Waals surface area contributed by atoms with E-state index in [0.29, 0.717) is 6.61 Å². The Morgan fingerprint density at radius 1 is 1.04 bits per heavy atom. The first-order valence-corrected chi connectivity index (χ1v) is 7.53. The van der Waals surface area contributed by atoms with Crippen LogP contribution in [0.3, 0.4) is 0 Å². The number of aryl methyl sites for hydroxylation is 1. The first-order valence-electron chi connectivity index (χ1n) is 7.53. The van der Waals surface area contributed by atoms with Crippen LogP contribution in [0.5, 0.6) is 5.75 Å². The SMILES string of the molecule is C=CC(=O)OCCOc1c(C)ccc2cc3ccccc3cc12. The van der Waals surface area contributed by atoms with Crippen LogP contribution in [-0.2, 0) is 9.53 Å². The molecule has 0 aliphatic heterocycles. The Kier molecular flexibility index (Phi) is 4.29. The Bertz CT molecular complexity index is 881. The second kappa shape index (κ2) is 6.53. The van der Waals surface area contributed by atoms with Crippen molar-refractivity contribution in [1.29, 1.82) is 0 Å². The third kappa shape index (κ3) is 3.19. The largest absolute Gasteiger partial charge is 0.489 e. The molecule has 3 rings (SSSR count). The number of benzene rings is 3. The maximum absolute atomic E-state index is 11.1. The molecule has 0 aromatic heterocycles. The Labute approximate surface area is 135 Å². The average molecular weight is 306 g/mol. The Morgan fingerprint density at radius 2 is 1.78 bits per heavy atom. The molecule has 0 amide bonds. The third-order valence-electron chi connectivity index (χ3n) is 3.77. The van der Waals surface area contributed by atoms with Crippen molar-refractivity contribution in [2.24, 2.45) is 0 Å². The molecule has 0 radical (unpaired) electrons. The smallest absolute Gasteiger partial charge is 0.330 e. The van der Waals surface area contributed by atoms with Crippen molar-refractivity contribution in [2.75, 3.05) is 13.2 Å². The van der Waals surface area contributed by atoms with Crippen molar-refractivity contribution in [3.05, 3.63) is 66.7 Å². The van der Waals surface area contributed by atoms with Crippen molar-refractivity contribution in [3.63, 3.8) is 0 Å². The van der Waals surface area contributed by atoms with Gasteiger partial charge in [0.1, 0.15) is 19.0 Å². The molecule has 0 heterocycles. The van der Waals surface area contributed by atoms with E-state index in [-0.39, 0.29) is 6.61 Å². The first kappa shape index (κ1) is 15.1. The number of hydrogen-bond donors (Lipinski definition) is 0. The molecule has 116 valence electrons. The summed E-state index contributed by atoms with van der Waals surface area (Å²) in [4.78, 5) is 11.1. The second-order valence-corrected chi connectivity index (χ2v) is 5.35. The zero-order chi connectivity index (χ0) is 16.2. The van der Waals surface area contributed by atoms with E-state index >= 15 is 0 Å². The molecule has 0 saturated carbocycles. The summed E-state index contributed by atoms with van der Waals surface area (Å²) in [7, 11) is 0. The molecular weight excluding hydrogens is 288 g/mol. The molecule has 3 nitrogen and oxygen atoms in total. The van der Waals surface area contributed by atoms with Crippen molar-refractivity contribution < 1.29 is 14.3 Å². The molecule has 0 fully saturated rings. The first-order chi connectivity index (χ1) is 11.2. The van der Waals surface area contributed by atoms with Crippen LogP contribution in [0, 0.1) is 6.92 Å². The van der Waals surface area contributed by atoms with Gasteiger partial charge in [0, 0.05) is 11.5 Å². The van der Waals surface area contributed by atoms with Crippen LogP contribution in [0.4, 0.5) is 0 Å². The minimum Gasteiger partial charge on any atom is -0.489 e. The highest BCUT2D eigenvalue weighted by Gasteiger charge is 2.08. The molecule has 0 atom stereocenters. The van der Waals surface area contributed by atoms with Crippen LogP contribution in [0.15, 0.2) is 61.2 Å². The molecule has 0 spiro atoms. The lowest BCUT2D eigenvalue weighted by atomic mass is 10.0. The van der Waals surface area contributed by atoms with Crippen LogP contribution < -0.4 is 4.74 Å². The molecule has 3 aromatic carbocycles. The van der Waals surface area contributed by atoms with E-state index in [4.69, 9.17) is 9.47 Å². The Morgan fingerprint density at radius 3 is 2.52 bits per heavy atom. The summed E-state index contributed by atoms with van der Waals surface area (Å²) >= 11 is 0. The van der Waals surface area contributed by atoms with Crippen LogP contribution in [0.25, 0.3) is 21.5 Å². The Hall–Kier alpha value is -2.81. The highest BCUT2D eigenvalue weighted by Crippen LogP contribution is 2.32. The van der Waals surface area contributed by atoms with E-state index in [0.717, 1.165) is 28.2 Å². The standard InChI is InChI=1S/C20H18O3/c1-3-19(21)22-10-11-23-20-14(2)8-9-17-12-15-6-4-5-7-16(15)13-18(17)20/h3-9,12-13H,1,10-11H2,2H3. The number of carbonyl (C=O) groups excluding carboxylic acids is 1. The van der Waals surface area contributed by atoms with Crippen molar-refractivity contribution in [3.8, 4) is 5.75 Å². The van der Waals surface area contributed by atoms with Gasteiger partial charge in [-0.05, 0) is 40.8 Å². The normalized spacial score (nSPS) is 10.7. The molecule has 23 heavy (non-hydrogen) atoms. The minimum absolute atomic E-state index is 0.203. The predicted molar refractivity (Wildman–Crippen MR) is 92.8 cm³/mol. The van der Waals surface area contributed by atoms with E-state index in [1.165, 1.54) is 10.8 Å². The molecule has 0 N–H and O–H groups in total. The van der Waals surface area contributed by atoms with Crippen molar-refractivity contribution in [2.45, 2.75) is 6.92 Å². The number of esters is 1. The summed E-state index contributed by atoms with van der Waals surface area (Å²) in [6, 6.07) is 16.7. The number of carbonyl (C=O) groups is 1. The lowest BCUT2D eigenvalue weighted by Gasteiger charge is -2.13. The maximum Gasteiger partial charge on any atom is 0.330 e. The summed E-state index contributed by atoms with van der Waals surface area (Å²) in [6.07, 6.45) is 1.15. The van der Waals surface area contributed by atoms with Gasteiger partial charge < -0.3 is 9.47 Å². The van der Waals surface area contributed by atoms with Gasteiger partial charge in [-0.25, -0.2) is 4.79 Å². The van der Waals surface area contributed by atoms with Gasteiger partial charge in [-0.3, -0.25) is 0 Å². The van der Waals surface area contributed by atoms with E-state index < -0.39 is 5.97 Å². The van der Waals surface area contributed by atoms with Crippen LogP contribution in [-0.4, -0.2) is 19.2 Å². The number of hydrogen-bond acceptors (Lipinski definition) is 3. The van der Waals surface area contributed by atoms with E-state index in [2.05, 4.69) is 36.9 Å². The van der Waals surface area contributed by atoms with Gasteiger partial charge in [0.25, 0.3) is 0 Å². The zero-order valence-electron chi connectivity index (χ0n) is 13.0. The summed E-state index contributed by atoms with van der Waals surface area (Å²) in [5, 5.41) is 4.58. The molecule has 0 aliphatic rings. The summed E-state index contributed by atoms with van der Waals surface area (Å²) < 4.78 is 10.8. The molecule has 0 aliphatic carbocycles. The second-order valence-electron chi connectivity index (χ2n) is 5.35. The fraction of sp³-hybridized carbons (Fsp3) is 0.150. The fourth-order valence-electron chi connectivity index (χ4n) is 2.63. The van der Waals surface area contributed by atoms with E-state index in [1.807, 2.05) is 25.1 Å². The van der Waals surface area contributed by atoms with Crippen LogP contribution in [0.1, 0.15) is 5.56 Å². The maximum atomic E-state index is 11.1. The highest BCUT2D eigenvalue weighted by atomic mass is 16.6.